The van der Waals surface area contributed by atoms with Gasteiger partial charge in [-0.1, -0.05) is 6.07 Å². The number of hydrogen-bond acceptors (Lipinski definition) is 2. The summed E-state index contributed by atoms with van der Waals surface area (Å²) in [6.45, 7) is 3.89. The van der Waals surface area contributed by atoms with E-state index in [9.17, 15) is 0 Å². The van der Waals surface area contributed by atoms with E-state index >= 15 is 0 Å². The van der Waals surface area contributed by atoms with Gasteiger partial charge in [0.2, 0.25) is 0 Å². The third-order valence-electron chi connectivity index (χ3n) is 2.54. The number of aromatic nitrogens is 1. The largest absolute Gasteiger partial charge is 0.361 e. The summed E-state index contributed by atoms with van der Waals surface area (Å²) < 4.78 is 0. The molecule has 74 valence electrons. The van der Waals surface area contributed by atoms with E-state index in [1.807, 2.05) is 38.2 Å². The molecule has 0 atom stereocenters. The van der Waals surface area contributed by atoms with Crippen LogP contribution in [0.5, 0.6) is 0 Å². The van der Waals surface area contributed by atoms with E-state index in [1.165, 1.54) is 5.39 Å². The second kappa shape index (κ2) is 3.12. The molecule has 0 aliphatic carbocycles. The Morgan fingerprint density at radius 1 is 1.29 bits per heavy atom. The molecule has 0 fully saturated rings. The van der Waals surface area contributed by atoms with Crippen molar-refractivity contribution in [3.63, 3.8) is 0 Å². The quantitative estimate of drug-likeness (QED) is 0.714. The molecule has 0 aliphatic rings. The first-order valence-corrected chi connectivity index (χ1v) is 4.59. The Morgan fingerprint density at radius 2 is 2.07 bits per heavy atom. The van der Waals surface area contributed by atoms with Crippen LogP contribution in [0, 0.1) is 0 Å². The van der Waals surface area contributed by atoms with Crippen LogP contribution in [0.2, 0.25) is 0 Å². The highest BCUT2D eigenvalue weighted by molar-refractivity contribution is 5.80. The summed E-state index contributed by atoms with van der Waals surface area (Å²) in [5.41, 5.74) is 1.76. The summed E-state index contributed by atoms with van der Waals surface area (Å²) in [5.74, 6) is 5.25. The lowest BCUT2D eigenvalue weighted by Gasteiger charge is -2.22. The van der Waals surface area contributed by atoms with Crippen molar-refractivity contribution in [3.05, 3.63) is 36.0 Å². The van der Waals surface area contributed by atoms with Gasteiger partial charge in [-0.15, -0.1) is 0 Å². The van der Waals surface area contributed by atoms with Crippen molar-refractivity contribution < 1.29 is 4.84 Å². The maximum atomic E-state index is 5.25. The maximum absolute atomic E-state index is 5.25. The third kappa shape index (κ3) is 1.41. The average Bonchev–Trinajstić information content (AvgIpc) is 2.64. The van der Waals surface area contributed by atoms with Gasteiger partial charge in [0.25, 0.3) is 0 Å². The van der Waals surface area contributed by atoms with Gasteiger partial charge in [0.05, 0.1) is 0 Å². The smallest absolute Gasteiger partial charge is 0.109 e. The molecule has 0 bridgehead atoms. The predicted molar refractivity (Wildman–Crippen MR) is 56.6 cm³/mol. The van der Waals surface area contributed by atoms with Gasteiger partial charge in [0.15, 0.2) is 0 Å². The van der Waals surface area contributed by atoms with E-state index in [-0.39, 0.29) is 0 Å². The lowest BCUT2D eigenvalue weighted by Crippen LogP contribution is -2.25. The Kier molecular flexibility index (Phi) is 2.06. The van der Waals surface area contributed by atoms with Gasteiger partial charge < -0.3 is 4.98 Å². The molecule has 14 heavy (non-hydrogen) atoms. The Balaban J connectivity index is 2.53. The SMILES string of the molecule is CC(C)(ON)c1ccc2[nH]ccc2c1. The average molecular weight is 190 g/mol. The fraction of sp³-hybridized carbons (Fsp3) is 0.273. The number of nitrogens with two attached hydrogens (primary N) is 1. The van der Waals surface area contributed by atoms with E-state index in [1.54, 1.807) is 0 Å². The molecule has 3 nitrogen and oxygen atoms in total. The van der Waals surface area contributed by atoms with Gasteiger partial charge >= 0.3 is 0 Å². The Bertz CT molecular complexity index is 445. The summed E-state index contributed by atoms with van der Waals surface area (Å²) in [6, 6.07) is 8.17. The first-order valence-electron chi connectivity index (χ1n) is 4.59. The fourth-order valence-corrected chi connectivity index (χ4v) is 1.50. The summed E-state index contributed by atoms with van der Waals surface area (Å²) in [7, 11) is 0. The number of hydrogen-bond donors (Lipinski definition) is 2. The van der Waals surface area contributed by atoms with Crippen molar-refractivity contribution in [3.8, 4) is 0 Å². The van der Waals surface area contributed by atoms with E-state index in [0.717, 1.165) is 11.1 Å². The minimum Gasteiger partial charge on any atom is -0.361 e. The summed E-state index contributed by atoms with van der Waals surface area (Å²) >= 11 is 0. The van der Waals surface area contributed by atoms with Crippen molar-refractivity contribution in [2.45, 2.75) is 19.4 Å². The van der Waals surface area contributed by atoms with Crippen LogP contribution < -0.4 is 5.90 Å². The first-order chi connectivity index (χ1) is 6.63. The van der Waals surface area contributed by atoms with Gasteiger partial charge in [-0.25, -0.2) is 5.90 Å². The molecule has 0 radical (unpaired) electrons. The molecule has 1 heterocycles. The summed E-state index contributed by atoms with van der Waals surface area (Å²) in [4.78, 5) is 8.08. The first kappa shape index (κ1) is 9.24. The van der Waals surface area contributed by atoms with Crippen molar-refractivity contribution in [1.82, 2.24) is 4.98 Å². The van der Waals surface area contributed by atoms with Crippen molar-refractivity contribution >= 4 is 10.9 Å². The molecule has 0 unspecified atom stereocenters. The number of aromatic amines is 1. The molecular weight excluding hydrogens is 176 g/mol. The second-order valence-corrected chi connectivity index (χ2v) is 3.91. The Hall–Kier alpha value is -1.32. The number of nitrogens with one attached hydrogen (secondary N) is 1. The van der Waals surface area contributed by atoms with Crippen LogP contribution in [0.25, 0.3) is 10.9 Å². The molecule has 0 saturated carbocycles. The Morgan fingerprint density at radius 3 is 2.79 bits per heavy atom. The summed E-state index contributed by atoms with van der Waals surface area (Å²) in [5, 5.41) is 1.17. The van der Waals surface area contributed by atoms with Crippen LogP contribution in [0.3, 0.4) is 0 Å². The highest BCUT2D eigenvalue weighted by atomic mass is 16.6. The number of fused-ring (bicyclic) bond motifs is 1. The van der Waals surface area contributed by atoms with Crippen LogP contribution in [0.15, 0.2) is 30.5 Å². The minimum atomic E-state index is -0.439. The van der Waals surface area contributed by atoms with Crippen molar-refractivity contribution in [2.24, 2.45) is 5.90 Å². The van der Waals surface area contributed by atoms with Gasteiger partial charge in [-0.3, -0.25) is 4.84 Å². The zero-order valence-electron chi connectivity index (χ0n) is 8.37. The standard InChI is InChI=1S/C11H14N2O/c1-11(2,14-12)9-3-4-10-8(7-9)5-6-13-10/h3-7,13H,12H2,1-2H3. The molecule has 0 spiro atoms. The number of H-pyrrole nitrogens is 1. The fourth-order valence-electron chi connectivity index (χ4n) is 1.50. The molecule has 3 heteroatoms. The lowest BCUT2D eigenvalue weighted by molar-refractivity contribution is -0.0235. The van der Waals surface area contributed by atoms with Gasteiger partial charge in [0, 0.05) is 11.7 Å². The zero-order valence-corrected chi connectivity index (χ0v) is 8.37. The third-order valence-corrected chi connectivity index (χ3v) is 2.54. The normalized spacial score (nSPS) is 12.2. The highest BCUT2D eigenvalue weighted by Crippen LogP contribution is 2.25. The lowest BCUT2D eigenvalue weighted by atomic mass is 9.97. The van der Waals surface area contributed by atoms with E-state index in [0.29, 0.717) is 0 Å². The van der Waals surface area contributed by atoms with E-state index < -0.39 is 5.60 Å². The van der Waals surface area contributed by atoms with Gasteiger partial charge in [-0.05, 0) is 43.0 Å². The van der Waals surface area contributed by atoms with E-state index in [2.05, 4.69) is 11.1 Å². The van der Waals surface area contributed by atoms with Crippen LogP contribution in [-0.4, -0.2) is 4.98 Å². The van der Waals surface area contributed by atoms with Gasteiger partial charge in [-0.2, -0.15) is 0 Å². The molecule has 0 aliphatic heterocycles. The van der Waals surface area contributed by atoms with Crippen LogP contribution in [-0.2, 0) is 10.4 Å². The zero-order chi connectivity index (χ0) is 10.2. The van der Waals surface area contributed by atoms with Crippen LogP contribution in [0.4, 0.5) is 0 Å². The van der Waals surface area contributed by atoms with Crippen molar-refractivity contribution in [1.29, 1.82) is 0 Å². The monoisotopic (exact) mass is 190 g/mol. The Labute approximate surface area is 82.8 Å². The molecule has 0 saturated heterocycles. The number of benzene rings is 1. The molecule has 1 aromatic heterocycles. The second-order valence-electron chi connectivity index (χ2n) is 3.91. The number of rotatable bonds is 2. The molecule has 1 aromatic carbocycles. The van der Waals surface area contributed by atoms with Crippen LogP contribution >= 0.6 is 0 Å². The topological polar surface area (TPSA) is 51.0 Å². The molecular formula is C11H14N2O. The minimum absolute atomic E-state index is 0.439. The van der Waals surface area contributed by atoms with Crippen molar-refractivity contribution in [2.75, 3.05) is 0 Å². The predicted octanol–water partition coefficient (Wildman–Crippen LogP) is 2.29. The molecule has 3 N–H and O–H groups in total. The highest BCUT2D eigenvalue weighted by Gasteiger charge is 2.20. The molecule has 0 amide bonds. The van der Waals surface area contributed by atoms with E-state index in [4.69, 9.17) is 10.7 Å². The molecule has 2 rings (SSSR count). The van der Waals surface area contributed by atoms with Gasteiger partial charge in [0.1, 0.15) is 5.60 Å². The molecule has 2 aromatic rings. The maximum Gasteiger partial charge on any atom is 0.109 e. The van der Waals surface area contributed by atoms with Crippen LogP contribution in [0.1, 0.15) is 19.4 Å². The summed E-state index contributed by atoms with van der Waals surface area (Å²) in [6.07, 6.45) is 1.92.